The van der Waals surface area contributed by atoms with Crippen LogP contribution in [0.3, 0.4) is 0 Å². The number of aromatic nitrogens is 2. The van der Waals surface area contributed by atoms with Gasteiger partial charge in [0.1, 0.15) is 21.2 Å². The second kappa shape index (κ2) is 7.32. The Morgan fingerprint density at radius 1 is 0.656 bits per heavy atom. The van der Waals surface area contributed by atoms with E-state index in [1.165, 1.54) is 0 Å². The van der Waals surface area contributed by atoms with Gasteiger partial charge in [-0.2, -0.15) is 4.36 Å². The Hall–Kier alpha value is -3.96. The maximum atomic E-state index is 14.5. The molecule has 1 atom stereocenters. The van der Waals surface area contributed by atoms with Gasteiger partial charge in [0.15, 0.2) is 5.82 Å². The molecule has 0 saturated carbocycles. The molecule has 0 aliphatic carbocycles. The van der Waals surface area contributed by atoms with E-state index >= 15 is 0 Å². The fourth-order valence-corrected chi connectivity index (χ4v) is 6.26. The summed E-state index contributed by atoms with van der Waals surface area (Å²) in [4.78, 5) is 6.44. The first-order valence-corrected chi connectivity index (χ1v) is 11.9. The monoisotopic (exact) mass is 433 g/mol. The SMILES string of the molecule is O=S1(c2ccccc2)=Nc2c(nc(-c3ccccc3)n2-c2ccccc2)-c2ccccc21. The Labute approximate surface area is 187 Å². The molecule has 1 aromatic heterocycles. The topological polar surface area (TPSA) is 47.2 Å². The van der Waals surface area contributed by atoms with Crippen molar-refractivity contribution < 1.29 is 4.21 Å². The first kappa shape index (κ1) is 18.8. The van der Waals surface area contributed by atoms with E-state index in [1.54, 1.807) is 0 Å². The third-order valence-electron chi connectivity index (χ3n) is 5.62. The maximum absolute atomic E-state index is 14.5. The lowest BCUT2D eigenvalue weighted by Crippen LogP contribution is -2.08. The number of hydrogen-bond acceptors (Lipinski definition) is 3. The van der Waals surface area contributed by atoms with Crippen LogP contribution in [0.25, 0.3) is 28.3 Å². The van der Waals surface area contributed by atoms with Crippen molar-refractivity contribution >= 4 is 15.5 Å². The number of nitrogens with zero attached hydrogens (tertiary/aromatic N) is 3. The van der Waals surface area contributed by atoms with Crippen LogP contribution in [-0.2, 0) is 9.73 Å². The second-order valence-corrected chi connectivity index (χ2v) is 9.72. The van der Waals surface area contributed by atoms with Crippen LogP contribution in [0.15, 0.2) is 129 Å². The summed E-state index contributed by atoms with van der Waals surface area (Å²) in [6, 6.07) is 37.3. The van der Waals surface area contributed by atoms with E-state index in [4.69, 9.17) is 9.35 Å². The summed E-state index contributed by atoms with van der Waals surface area (Å²) in [5.41, 5.74) is 3.51. The van der Waals surface area contributed by atoms with Crippen molar-refractivity contribution in [1.29, 1.82) is 0 Å². The smallest absolute Gasteiger partial charge is 0.176 e. The van der Waals surface area contributed by atoms with Crippen LogP contribution < -0.4 is 0 Å². The number of fused-ring (bicyclic) bond motifs is 3. The molecule has 4 nitrogen and oxygen atoms in total. The summed E-state index contributed by atoms with van der Waals surface area (Å²) in [5, 5.41) is 0. The van der Waals surface area contributed by atoms with E-state index < -0.39 is 9.73 Å². The Morgan fingerprint density at radius 2 is 1.25 bits per heavy atom. The number of benzene rings is 4. The molecule has 5 aromatic rings. The summed E-state index contributed by atoms with van der Waals surface area (Å²) < 4.78 is 21.5. The maximum Gasteiger partial charge on any atom is 0.176 e. The van der Waals surface area contributed by atoms with Gasteiger partial charge in [-0.1, -0.05) is 84.9 Å². The van der Waals surface area contributed by atoms with E-state index in [0.29, 0.717) is 15.6 Å². The molecular weight excluding hydrogens is 414 g/mol. The Bertz CT molecular complexity index is 1550. The largest absolute Gasteiger partial charge is 0.276 e. The van der Waals surface area contributed by atoms with Gasteiger partial charge in [0.2, 0.25) is 0 Å². The van der Waals surface area contributed by atoms with Crippen molar-refractivity contribution in [3.8, 4) is 28.3 Å². The fourth-order valence-electron chi connectivity index (χ4n) is 4.14. The average molecular weight is 434 g/mol. The summed E-state index contributed by atoms with van der Waals surface area (Å²) in [6.45, 7) is 0. The molecule has 1 aliphatic heterocycles. The van der Waals surface area contributed by atoms with Gasteiger partial charge >= 0.3 is 0 Å². The fraction of sp³-hybridized carbons (Fsp3) is 0. The molecule has 2 heterocycles. The standard InChI is InChI=1S/C27H19N3OS/c31-32(22-16-8-3-9-17-22)24-19-11-10-18-23(24)25-27(29-32)30(21-14-6-2-7-15-21)26(28-25)20-12-4-1-5-13-20/h1-19H. The van der Waals surface area contributed by atoms with E-state index in [0.717, 1.165) is 28.3 Å². The van der Waals surface area contributed by atoms with Gasteiger partial charge in [0, 0.05) is 16.8 Å². The highest BCUT2D eigenvalue weighted by atomic mass is 32.2. The molecule has 32 heavy (non-hydrogen) atoms. The third kappa shape index (κ3) is 2.82. The highest BCUT2D eigenvalue weighted by Gasteiger charge is 2.32. The highest BCUT2D eigenvalue weighted by molar-refractivity contribution is 7.94. The van der Waals surface area contributed by atoms with Gasteiger partial charge in [-0.15, -0.1) is 0 Å². The zero-order chi connectivity index (χ0) is 21.5. The molecule has 0 radical (unpaired) electrons. The van der Waals surface area contributed by atoms with Crippen LogP contribution in [-0.4, -0.2) is 13.8 Å². The van der Waals surface area contributed by atoms with Crippen LogP contribution in [0.5, 0.6) is 0 Å². The average Bonchev–Trinajstić information content (AvgIpc) is 3.25. The summed E-state index contributed by atoms with van der Waals surface area (Å²) in [5.74, 6) is 1.39. The number of para-hydroxylation sites is 1. The van der Waals surface area contributed by atoms with Crippen molar-refractivity contribution in [2.45, 2.75) is 9.79 Å². The van der Waals surface area contributed by atoms with Crippen LogP contribution in [0.1, 0.15) is 0 Å². The van der Waals surface area contributed by atoms with E-state index in [-0.39, 0.29) is 0 Å². The van der Waals surface area contributed by atoms with Crippen molar-refractivity contribution in [2.24, 2.45) is 4.36 Å². The molecular formula is C27H19N3OS. The van der Waals surface area contributed by atoms with Gasteiger partial charge in [-0.3, -0.25) is 4.57 Å². The summed E-state index contributed by atoms with van der Waals surface area (Å²) in [7, 11) is -2.88. The molecule has 6 rings (SSSR count). The van der Waals surface area contributed by atoms with Gasteiger partial charge in [-0.05, 0) is 30.3 Å². The molecule has 1 aliphatic rings. The van der Waals surface area contributed by atoms with Crippen LogP contribution in [0.4, 0.5) is 5.82 Å². The van der Waals surface area contributed by atoms with Gasteiger partial charge in [0.05, 0.1) is 9.79 Å². The molecule has 0 bridgehead atoms. The molecule has 0 saturated heterocycles. The Kier molecular flexibility index (Phi) is 4.30. The van der Waals surface area contributed by atoms with Gasteiger partial charge in [-0.25, -0.2) is 9.19 Å². The van der Waals surface area contributed by atoms with Crippen molar-refractivity contribution in [2.75, 3.05) is 0 Å². The predicted octanol–water partition coefficient (Wildman–Crippen LogP) is 6.74. The predicted molar refractivity (Wildman–Crippen MR) is 128 cm³/mol. The van der Waals surface area contributed by atoms with Crippen LogP contribution in [0.2, 0.25) is 0 Å². The van der Waals surface area contributed by atoms with Gasteiger partial charge < -0.3 is 0 Å². The number of imidazole rings is 1. The van der Waals surface area contributed by atoms with Gasteiger partial charge in [0.25, 0.3) is 0 Å². The molecule has 0 spiro atoms. The minimum atomic E-state index is -2.88. The van der Waals surface area contributed by atoms with Crippen LogP contribution >= 0.6 is 0 Å². The highest BCUT2D eigenvalue weighted by Crippen LogP contribution is 2.46. The molecule has 5 heteroatoms. The molecule has 154 valence electrons. The molecule has 4 aromatic carbocycles. The Morgan fingerprint density at radius 3 is 1.97 bits per heavy atom. The van der Waals surface area contributed by atoms with E-state index in [9.17, 15) is 4.21 Å². The van der Waals surface area contributed by atoms with Crippen molar-refractivity contribution in [3.63, 3.8) is 0 Å². The molecule has 0 N–H and O–H groups in total. The Balaban J connectivity index is 1.76. The first-order chi connectivity index (χ1) is 15.8. The lowest BCUT2D eigenvalue weighted by Gasteiger charge is -2.20. The summed E-state index contributed by atoms with van der Waals surface area (Å²) >= 11 is 0. The molecule has 0 fully saturated rings. The number of rotatable bonds is 3. The zero-order valence-electron chi connectivity index (χ0n) is 17.1. The van der Waals surface area contributed by atoms with E-state index in [2.05, 4.69) is 0 Å². The second-order valence-electron chi connectivity index (χ2n) is 7.57. The van der Waals surface area contributed by atoms with Crippen LogP contribution in [0, 0.1) is 0 Å². The molecule has 1 unspecified atom stereocenters. The summed E-state index contributed by atoms with van der Waals surface area (Å²) in [6.07, 6.45) is 0. The van der Waals surface area contributed by atoms with Crippen molar-refractivity contribution in [1.82, 2.24) is 9.55 Å². The van der Waals surface area contributed by atoms with Crippen molar-refractivity contribution in [3.05, 3.63) is 115 Å². The minimum absolute atomic E-state index is 0.614. The number of hydrogen-bond donors (Lipinski definition) is 0. The first-order valence-electron chi connectivity index (χ1n) is 10.4. The zero-order valence-corrected chi connectivity index (χ0v) is 17.9. The molecule has 0 amide bonds. The third-order valence-corrected chi connectivity index (χ3v) is 7.91. The normalized spacial score (nSPS) is 16.6. The minimum Gasteiger partial charge on any atom is -0.276 e. The quantitative estimate of drug-likeness (QED) is 0.310. The van der Waals surface area contributed by atoms with E-state index in [1.807, 2.05) is 120 Å². The lowest BCUT2D eigenvalue weighted by molar-refractivity contribution is 0.676. The lowest BCUT2D eigenvalue weighted by atomic mass is 10.1.